The second kappa shape index (κ2) is 5.26. The lowest BCUT2D eigenvalue weighted by Crippen LogP contribution is -2.13. The molecule has 4 heteroatoms. The van der Waals surface area contributed by atoms with Crippen LogP contribution in [0.1, 0.15) is 29.9 Å². The second-order valence-corrected chi connectivity index (χ2v) is 5.07. The van der Waals surface area contributed by atoms with Gasteiger partial charge in [0.15, 0.2) is 0 Å². The van der Waals surface area contributed by atoms with Crippen LogP contribution in [0.4, 0.5) is 0 Å². The van der Waals surface area contributed by atoms with Gasteiger partial charge in [0.2, 0.25) is 0 Å². The predicted molar refractivity (Wildman–Crippen MR) is 75.3 cm³/mol. The average Bonchev–Trinajstić information content (AvgIpc) is 2.36. The Bertz CT molecular complexity index is 621. The summed E-state index contributed by atoms with van der Waals surface area (Å²) in [6, 6.07) is 7.37. The monoisotopic (exact) mass is 258 g/mol. The van der Waals surface area contributed by atoms with E-state index in [1.54, 1.807) is 6.07 Å². The lowest BCUT2D eigenvalue weighted by Gasteiger charge is -2.10. The fourth-order valence-corrected chi connectivity index (χ4v) is 1.85. The molecule has 1 aromatic carbocycles. The highest BCUT2D eigenvalue weighted by atomic mass is 16.5. The average molecular weight is 258 g/mol. The summed E-state index contributed by atoms with van der Waals surface area (Å²) in [7, 11) is 0. The number of pyridine rings is 1. The molecule has 0 saturated heterocycles. The number of nitrogens with two attached hydrogens (primary N) is 1. The van der Waals surface area contributed by atoms with Crippen LogP contribution in [0, 0.1) is 12.8 Å². The van der Waals surface area contributed by atoms with Crippen molar-refractivity contribution in [2.75, 3.05) is 6.61 Å². The third-order valence-corrected chi connectivity index (χ3v) is 2.82. The van der Waals surface area contributed by atoms with Crippen LogP contribution in [-0.4, -0.2) is 17.5 Å². The van der Waals surface area contributed by atoms with Crippen molar-refractivity contribution in [3.05, 3.63) is 35.5 Å². The SMILES string of the molecule is Cc1cc(C(N)=O)nc2ccc(OCC(C)C)cc12. The Morgan fingerprint density at radius 2 is 2.11 bits per heavy atom. The molecule has 0 atom stereocenters. The summed E-state index contributed by atoms with van der Waals surface area (Å²) in [4.78, 5) is 15.4. The Balaban J connectivity index is 2.40. The molecule has 1 aromatic heterocycles. The Labute approximate surface area is 112 Å². The highest BCUT2D eigenvalue weighted by Crippen LogP contribution is 2.23. The highest BCUT2D eigenvalue weighted by Gasteiger charge is 2.08. The lowest BCUT2D eigenvalue weighted by atomic mass is 10.1. The first kappa shape index (κ1) is 13.3. The first-order valence-corrected chi connectivity index (χ1v) is 6.31. The second-order valence-electron chi connectivity index (χ2n) is 5.07. The summed E-state index contributed by atoms with van der Waals surface area (Å²) < 4.78 is 5.69. The third kappa shape index (κ3) is 3.02. The Morgan fingerprint density at radius 1 is 1.37 bits per heavy atom. The molecule has 2 N–H and O–H groups in total. The molecular formula is C15H18N2O2. The van der Waals surface area contributed by atoms with E-state index >= 15 is 0 Å². The third-order valence-electron chi connectivity index (χ3n) is 2.82. The van der Waals surface area contributed by atoms with Crippen LogP contribution in [-0.2, 0) is 0 Å². The maximum absolute atomic E-state index is 11.2. The van der Waals surface area contributed by atoms with Crippen molar-refractivity contribution in [3.63, 3.8) is 0 Å². The molecule has 0 fully saturated rings. The van der Waals surface area contributed by atoms with Crippen molar-refractivity contribution < 1.29 is 9.53 Å². The smallest absolute Gasteiger partial charge is 0.267 e. The molecule has 4 nitrogen and oxygen atoms in total. The molecule has 0 unspecified atom stereocenters. The van der Waals surface area contributed by atoms with E-state index in [1.165, 1.54) is 0 Å². The van der Waals surface area contributed by atoms with Gasteiger partial charge in [-0.2, -0.15) is 0 Å². The van der Waals surface area contributed by atoms with Crippen molar-refractivity contribution in [1.82, 2.24) is 4.98 Å². The van der Waals surface area contributed by atoms with Gasteiger partial charge >= 0.3 is 0 Å². The molecule has 0 bridgehead atoms. The van der Waals surface area contributed by atoms with E-state index < -0.39 is 5.91 Å². The summed E-state index contributed by atoms with van der Waals surface area (Å²) in [6.45, 7) is 6.82. The molecule has 1 heterocycles. The van der Waals surface area contributed by atoms with Gasteiger partial charge < -0.3 is 10.5 Å². The quantitative estimate of drug-likeness (QED) is 0.916. The zero-order valence-corrected chi connectivity index (χ0v) is 11.4. The molecule has 1 amide bonds. The van der Waals surface area contributed by atoms with Gasteiger partial charge in [0.25, 0.3) is 5.91 Å². The highest BCUT2D eigenvalue weighted by molar-refractivity contribution is 5.95. The zero-order chi connectivity index (χ0) is 14.0. The van der Waals surface area contributed by atoms with Gasteiger partial charge in [-0.1, -0.05) is 13.8 Å². The van der Waals surface area contributed by atoms with Crippen molar-refractivity contribution in [2.45, 2.75) is 20.8 Å². The number of aromatic nitrogens is 1. The maximum atomic E-state index is 11.2. The number of amides is 1. The molecule has 19 heavy (non-hydrogen) atoms. The Kier molecular flexibility index (Phi) is 3.69. The molecule has 0 aliphatic rings. The molecular weight excluding hydrogens is 240 g/mol. The number of carbonyl (C=O) groups excluding carboxylic acids is 1. The van der Waals surface area contributed by atoms with Gasteiger partial charge in [0.05, 0.1) is 12.1 Å². The van der Waals surface area contributed by atoms with E-state index in [0.29, 0.717) is 18.2 Å². The number of aryl methyl sites for hydroxylation is 1. The number of hydrogen-bond acceptors (Lipinski definition) is 3. The summed E-state index contributed by atoms with van der Waals surface area (Å²) in [6.07, 6.45) is 0. The van der Waals surface area contributed by atoms with E-state index in [-0.39, 0.29) is 0 Å². The van der Waals surface area contributed by atoms with E-state index in [9.17, 15) is 4.79 Å². The minimum atomic E-state index is -0.509. The van der Waals surface area contributed by atoms with Gasteiger partial charge in [-0.05, 0) is 42.7 Å². The molecule has 2 aromatic rings. The first-order valence-electron chi connectivity index (χ1n) is 6.31. The molecule has 2 rings (SSSR count). The summed E-state index contributed by atoms with van der Waals surface area (Å²) in [5.41, 5.74) is 7.27. The van der Waals surface area contributed by atoms with Crippen molar-refractivity contribution in [2.24, 2.45) is 11.7 Å². The van der Waals surface area contributed by atoms with Crippen LogP contribution in [0.5, 0.6) is 5.75 Å². The number of nitrogens with zero attached hydrogens (tertiary/aromatic N) is 1. The minimum absolute atomic E-state index is 0.292. The van der Waals surface area contributed by atoms with Crippen LogP contribution < -0.4 is 10.5 Å². The van der Waals surface area contributed by atoms with E-state index in [2.05, 4.69) is 18.8 Å². The molecule has 0 aliphatic heterocycles. The van der Waals surface area contributed by atoms with E-state index in [4.69, 9.17) is 10.5 Å². The van der Waals surface area contributed by atoms with Crippen molar-refractivity contribution >= 4 is 16.8 Å². The van der Waals surface area contributed by atoms with Crippen LogP contribution >= 0.6 is 0 Å². The minimum Gasteiger partial charge on any atom is -0.493 e. The summed E-state index contributed by atoms with van der Waals surface area (Å²) >= 11 is 0. The molecule has 0 aliphatic carbocycles. The number of ether oxygens (including phenoxy) is 1. The maximum Gasteiger partial charge on any atom is 0.267 e. The van der Waals surface area contributed by atoms with Crippen LogP contribution in [0.25, 0.3) is 10.9 Å². The summed E-state index contributed by atoms with van der Waals surface area (Å²) in [5.74, 6) is 0.787. The van der Waals surface area contributed by atoms with Crippen LogP contribution in [0.15, 0.2) is 24.3 Å². The molecule has 100 valence electrons. The number of primary amides is 1. The normalized spacial score (nSPS) is 10.9. The van der Waals surface area contributed by atoms with E-state index in [1.807, 2.05) is 25.1 Å². The van der Waals surface area contributed by atoms with Crippen LogP contribution in [0.3, 0.4) is 0 Å². The van der Waals surface area contributed by atoms with Crippen molar-refractivity contribution in [3.8, 4) is 5.75 Å². The predicted octanol–water partition coefficient (Wildman–Crippen LogP) is 2.68. The van der Waals surface area contributed by atoms with Gasteiger partial charge in [-0.15, -0.1) is 0 Å². The number of benzene rings is 1. The Morgan fingerprint density at radius 3 is 2.74 bits per heavy atom. The number of carbonyl (C=O) groups is 1. The number of fused-ring (bicyclic) bond motifs is 1. The van der Waals surface area contributed by atoms with Gasteiger partial charge in [0, 0.05) is 5.39 Å². The first-order chi connectivity index (χ1) is 8.97. The number of hydrogen-bond donors (Lipinski definition) is 1. The van der Waals surface area contributed by atoms with Crippen LogP contribution in [0.2, 0.25) is 0 Å². The largest absolute Gasteiger partial charge is 0.493 e. The van der Waals surface area contributed by atoms with E-state index in [0.717, 1.165) is 22.2 Å². The zero-order valence-electron chi connectivity index (χ0n) is 11.4. The fourth-order valence-electron chi connectivity index (χ4n) is 1.85. The Hall–Kier alpha value is -2.10. The summed E-state index contributed by atoms with van der Waals surface area (Å²) in [5, 5.41) is 0.978. The topological polar surface area (TPSA) is 65.2 Å². The van der Waals surface area contributed by atoms with Gasteiger partial charge in [-0.25, -0.2) is 4.98 Å². The standard InChI is InChI=1S/C15H18N2O2/c1-9(2)8-19-11-4-5-13-12(7-11)10(3)6-14(17-13)15(16)18/h4-7,9H,8H2,1-3H3,(H2,16,18). The lowest BCUT2D eigenvalue weighted by molar-refractivity contribution is 0.0996. The van der Waals surface area contributed by atoms with Gasteiger partial charge in [0.1, 0.15) is 11.4 Å². The molecule has 0 saturated carbocycles. The van der Waals surface area contributed by atoms with Gasteiger partial charge in [-0.3, -0.25) is 4.79 Å². The molecule has 0 radical (unpaired) electrons. The number of rotatable bonds is 4. The fraction of sp³-hybridized carbons (Fsp3) is 0.333. The molecule has 0 spiro atoms. The van der Waals surface area contributed by atoms with Crippen molar-refractivity contribution in [1.29, 1.82) is 0 Å².